The highest BCUT2D eigenvalue weighted by atomic mass is 32.1. The van der Waals surface area contributed by atoms with E-state index >= 15 is 0 Å². The Balaban J connectivity index is 0.000000175. The van der Waals surface area contributed by atoms with E-state index in [2.05, 4.69) is 10.4 Å². The quantitative estimate of drug-likeness (QED) is 0.328. The van der Waals surface area contributed by atoms with Crippen molar-refractivity contribution in [3.8, 4) is 0 Å². The molecule has 14 heteroatoms. The van der Waals surface area contributed by atoms with Crippen LogP contribution in [0.25, 0.3) is 0 Å². The molecule has 2 saturated carbocycles. The van der Waals surface area contributed by atoms with Crippen molar-refractivity contribution in [2.75, 3.05) is 39.3 Å². The van der Waals surface area contributed by atoms with Gasteiger partial charge in [-0.3, -0.25) is 14.5 Å². The van der Waals surface area contributed by atoms with Gasteiger partial charge in [0, 0.05) is 66.8 Å². The van der Waals surface area contributed by atoms with Gasteiger partial charge in [0.25, 0.3) is 11.8 Å². The molecule has 2 saturated heterocycles. The largest absolute Gasteiger partial charge is 0.444 e. The number of hydrogen-bond donors (Lipinski definition) is 1. The average molecular weight is 749 g/mol. The number of likely N-dealkylation sites (tertiary alicyclic amines) is 2. The normalized spacial score (nSPS) is 28.6. The third-order valence-electron chi connectivity index (χ3n) is 11.0. The predicted octanol–water partition coefficient (Wildman–Crippen LogP) is 5.63. The number of aryl methyl sites for hydroxylation is 2. The van der Waals surface area contributed by atoms with E-state index in [1.807, 2.05) is 65.7 Å². The van der Waals surface area contributed by atoms with Gasteiger partial charge in [-0.1, -0.05) is 12.1 Å². The van der Waals surface area contributed by atoms with Crippen LogP contribution in [0.1, 0.15) is 83.7 Å². The molecule has 3 aliphatic heterocycles. The first-order valence-electron chi connectivity index (χ1n) is 17.9. The van der Waals surface area contributed by atoms with E-state index in [1.54, 1.807) is 51.8 Å². The maximum atomic E-state index is 13.0. The second kappa shape index (κ2) is 12.6. The van der Waals surface area contributed by atoms with E-state index in [1.165, 1.54) is 4.90 Å². The lowest BCUT2D eigenvalue weighted by molar-refractivity contribution is 0.0247. The fourth-order valence-electron chi connectivity index (χ4n) is 8.53. The zero-order valence-corrected chi connectivity index (χ0v) is 32.7. The molecule has 2 N–H and O–H groups in total. The summed E-state index contributed by atoms with van der Waals surface area (Å²) in [6.45, 7) is 18.6. The van der Waals surface area contributed by atoms with Crippen molar-refractivity contribution in [2.45, 2.75) is 77.4 Å². The lowest BCUT2D eigenvalue weighted by Crippen LogP contribution is -2.44. The van der Waals surface area contributed by atoms with Gasteiger partial charge < -0.3 is 25.0 Å². The number of thiazole rings is 2. The molecule has 4 amide bonds. The number of piperidine rings is 2. The number of imide groups is 1. The van der Waals surface area contributed by atoms with Crippen LogP contribution in [0.15, 0.2) is 35.0 Å². The van der Waals surface area contributed by atoms with Crippen molar-refractivity contribution >= 4 is 46.7 Å². The van der Waals surface area contributed by atoms with Crippen molar-refractivity contribution in [2.24, 2.45) is 29.4 Å². The summed E-state index contributed by atoms with van der Waals surface area (Å²) in [5.74, 6) is 0.662. The van der Waals surface area contributed by atoms with Crippen molar-refractivity contribution in [1.29, 1.82) is 0 Å². The van der Waals surface area contributed by atoms with Crippen LogP contribution >= 0.6 is 22.7 Å². The van der Waals surface area contributed by atoms with Gasteiger partial charge in [-0.2, -0.15) is 0 Å². The van der Waals surface area contributed by atoms with Gasteiger partial charge in [0.1, 0.15) is 21.2 Å². The molecule has 8 rings (SSSR count). The van der Waals surface area contributed by atoms with Crippen LogP contribution in [0.3, 0.4) is 0 Å². The van der Waals surface area contributed by atoms with E-state index in [9.17, 15) is 19.2 Å². The zero-order chi connectivity index (χ0) is 37.5. The van der Waals surface area contributed by atoms with E-state index in [0.29, 0.717) is 49.1 Å². The molecular weight excluding hydrogens is 701 g/mol. The number of ether oxygens (including phenoxy) is 2. The minimum atomic E-state index is -0.548. The number of carbonyl (C=O) groups is 4. The lowest BCUT2D eigenvalue weighted by atomic mass is 9.99. The van der Waals surface area contributed by atoms with Crippen LogP contribution in [0.5, 0.6) is 0 Å². The van der Waals surface area contributed by atoms with Gasteiger partial charge in [0.2, 0.25) is 0 Å². The summed E-state index contributed by atoms with van der Waals surface area (Å²) in [4.78, 5) is 65.0. The van der Waals surface area contributed by atoms with Crippen molar-refractivity contribution in [3.05, 3.63) is 67.6 Å². The van der Waals surface area contributed by atoms with Gasteiger partial charge in [-0.05, 0) is 91.2 Å². The first-order chi connectivity index (χ1) is 24.4. The molecule has 0 radical (unpaired) electrons. The Morgan fingerprint density at radius 2 is 1.13 bits per heavy atom. The third kappa shape index (κ3) is 6.19. The molecule has 3 aromatic rings. The Morgan fingerprint density at radius 1 is 0.750 bits per heavy atom. The number of benzene rings is 1. The standard InChI is InChI=1S/C23H25N3O4S.C15H23N3O2S/c1-13-11-31-20(24-13)23(12-26-18(27)14-7-5-6-8-15(14)19(26)28)16-9-25(10-17(16)23)21(29)30-22(2,3)4;1-9-7-21-12(17-9)15(8-16)10-5-18(6-11(10)15)13(19)20-14(2,3)4/h5-8,11,16-17H,9-10,12H2,1-4H3;7,10-11H,5-6,8,16H2,1-4H3/t16-,17+,23?;10-,11+,15?. The molecule has 6 atom stereocenters. The highest BCUT2D eigenvalue weighted by Gasteiger charge is 2.72. The first-order valence-corrected chi connectivity index (χ1v) is 19.6. The highest BCUT2D eigenvalue weighted by molar-refractivity contribution is 7.10. The summed E-state index contributed by atoms with van der Waals surface area (Å²) < 4.78 is 11.0. The predicted molar refractivity (Wildman–Crippen MR) is 197 cm³/mol. The third-order valence-corrected chi connectivity index (χ3v) is 13.3. The van der Waals surface area contributed by atoms with Crippen LogP contribution in [-0.2, 0) is 20.3 Å². The number of amides is 4. The van der Waals surface area contributed by atoms with Crippen LogP contribution in [0.2, 0.25) is 0 Å². The summed E-state index contributed by atoms with van der Waals surface area (Å²) in [6.07, 6.45) is -0.527. The maximum Gasteiger partial charge on any atom is 0.410 e. The molecule has 5 aliphatic rings. The second-order valence-corrected chi connectivity index (χ2v) is 18.5. The van der Waals surface area contributed by atoms with Gasteiger partial charge in [-0.15, -0.1) is 22.7 Å². The summed E-state index contributed by atoms with van der Waals surface area (Å²) in [5.41, 5.74) is 7.56. The first kappa shape index (κ1) is 36.5. The van der Waals surface area contributed by atoms with Gasteiger partial charge in [0.05, 0.1) is 16.5 Å². The molecule has 2 unspecified atom stereocenters. The van der Waals surface area contributed by atoms with Crippen LogP contribution in [0.4, 0.5) is 9.59 Å². The van der Waals surface area contributed by atoms with Gasteiger partial charge in [0.15, 0.2) is 0 Å². The van der Waals surface area contributed by atoms with E-state index < -0.39 is 16.6 Å². The number of nitrogens with two attached hydrogens (primary N) is 1. The van der Waals surface area contributed by atoms with Crippen molar-refractivity contribution < 1.29 is 28.7 Å². The second-order valence-electron chi connectivity index (χ2n) is 16.8. The fourth-order valence-corrected chi connectivity index (χ4v) is 10.8. The molecular formula is C38H48N6O6S2. The topological polar surface area (TPSA) is 148 Å². The fraction of sp³-hybridized carbons (Fsp3) is 0.579. The van der Waals surface area contributed by atoms with Crippen molar-refractivity contribution in [3.63, 3.8) is 0 Å². The monoisotopic (exact) mass is 748 g/mol. The van der Waals surface area contributed by atoms with E-state index in [-0.39, 0.29) is 41.3 Å². The molecule has 4 fully saturated rings. The zero-order valence-electron chi connectivity index (χ0n) is 31.1. The van der Waals surface area contributed by atoms with Crippen LogP contribution in [0, 0.1) is 37.5 Å². The Morgan fingerprint density at radius 3 is 1.48 bits per heavy atom. The molecule has 2 aliphatic carbocycles. The summed E-state index contributed by atoms with van der Waals surface area (Å²) in [7, 11) is 0. The van der Waals surface area contributed by atoms with Gasteiger partial charge in [-0.25, -0.2) is 19.6 Å². The smallest absolute Gasteiger partial charge is 0.410 e. The minimum Gasteiger partial charge on any atom is -0.444 e. The van der Waals surface area contributed by atoms with E-state index in [0.717, 1.165) is 34.5 Å². The Labute approximate surface area is 312 Å². The SMILES string of the molecule is Cc1csc(C2(CN)[C@@H]3CN(C(=O)OC(C)(C)C)C[C@@H]32)n1.Cc1csc(C2(CN3C(=O)c4ccccc4C3=O)[C@@H]3CN(C(=O)OC(C)(C)C)C[C@@H]32)n1. The number of carbonyl (C=O) groups excluding carboxylic acids is 4. The number of hydrogen-bond acceptors (Lipinski definition) is 11. The lowest BCUT2D eigenvalue weighted by Gasteiger charge is -2.30. The number of fused-ring (bicyclic) bond motifs is 3. The van der Waals surface area contributed by atoms with Crippen LogP contribution in [-0.4, -0.2) is 99.1 Å². The van der Waals surface area contributed by atoms with E-state index in [4.69, 9.17) is 20.2 Å². The van der Waals surface area contributed by atoms with Gasteiger partial charge >= 0.3 is 12.2 Å². The molecule has 5 heterocycles. The maximum absolute atomic E-state index is 13.0. The minimum absolute atomic E-state index is 0.00254. The molecule has 278 valence electrons. The molecule has 52 heavy (non-hydrogen) atoms. The summed E-state index contributed by atoms with van der Waals surface area (Å²) in [6, 6.07) is 6.96. The number of nitrogens with zero attached hydrogens (tertiary/aromatic N) is 5. The summed E-state index contributed by atoms with van der Waals surface area (Å²) >= 11 is 3.26. The Kier molecular flexibility index (Phi) is 8.85. The number of aromatic nitrogens is 2. The van der Waals surface area contributed by atoms with Crippen molar-refractivity contribution in [1.82, 2.24) is 24.7 Å². The molecule has 0 spiro atoms. The Hall–Kier alpha value is -3.88. The average Bonchev–Trinajstić information content (AvgIpc) is 3.57. The molecule has 12 nitrogen and oxygen atoms in total. The summed E-state index contributed by atoms with van der Waals surface area (Å²) in [5, 5.41) is 6.16. The molecule has 0 bridgehead atoms. The molecule has 2 aromatic heterocycles. The molecule has 1 aromatic carbocycles. The Bertz CT molecular complexity index is 1870. The van der Waals surface area contributed by atoms with Crippen LogP contribution < -0.4 is 5.73 Å². The highest BCUT2D eigenvalue weighted by Crippen LogP contribution is 2.65. The number of rotatable bonds is 5.